The van der Waals surface area contributed by atoms with Gasteiger partial charge in [0.1, 0.15) is 0 Å². The van der Waals surface area contributed by atoms with E-state index in [1.165, 1.54) is 0 Å². The highest BCUT2D eigenvalue weighted by Gasteiger charge is 1.99. The molecule has 18 heavy (non-hydrogen) atoms. The van der Waals surface area contributed by atoms with Gasteiger partial charge in [-0.2, -0.15) is 0 Å². The number of nitrogens with zero attached hydrogens (tertiary/aromatic N) is 3. The number of hydrogen-bond acceptors (Lipinski definition) is 5. The first-order chi connectivity index (χ1) is 8.80. The summed E-state index contributed by atoms with van der Waals surface area (Å²) in [6, 6.07) is 0. The first-order valence-electron chi connectivity index (χ1n) is 6.66. The molecule has 0 saturated heterocycles. The second-order valence-electron chi connectivity index (χ2n) is 4.01. The van der Waals surface area contributed by atoms with Gasteiger partial charge < -0.3 is 10.2 Å². The first kappa shape index (κ1) is 15.4. The summed E-state index contributed by atoms with van der Waals surface area (Å²) < 4.78 is 0. The monoisotopic (exact) mass is 268 g/mol. The fourth-order valence-electron chi connectivity index (χ4n) is 1.65. The van der Waals surface area contributed by atoms with Crippen LogP contribution >= 0.6 is 11.8 Å². The van der Waals surface area contributed by atoms with Crippen LogP contribution in [0.25, 0.3) is 0 Å². The Balaban J connectivity index is 2.22. The lowest BCUT2D eigenvalue weighted by Crippen LogP contribution is -2.31. The molecule has 0 radical (unpaired) electrons. The van der Waals surface area contributed by atoms with E-state index in [4.69, 9.17) is 0 Å². The predicted octanol–water partition coefficient (Wildman–Crippen LogP) is 2.02. The van der Waals surface area contributed by atoms with Gasteiger partial charge in [0, 0.05) is 37.6 Å². The molecule has 0 spiro atoms. The molecule has 0 saturated carbocycles. The van der Waals surface area contributed by atoms with Crippen molar-refractivity contribution in [1.29, 1.82) is 0 Å². The van der Waals surface area contributed by atoms with Crippen LogP contribution in [0.4, 0.5) is 0 Å². The van der Waals surface area contributed by atoms with Gasteiger partial charge in [-0.25, -0.2) is 9.97 Å². The van der Waals surface area contributed by atoms with Crippen LogP contribution in [0.2, 0.25) is 0 Å². The molecule has 102 valence electrons. The fraction of sp³-hybridized carbons (Fsp3) is 0.692. The molecule has 4 nitrogen and oxygen atoms in total. The summed E-state index contributed by atoms with van der Waals surface area (Å²) in [7, 11) is 0. The number of hydrogen-bond donors (Lipinski definition) is 1. The summed E-state index contributed by atoms with van der Waals surface area (Å²) in [5.41, 5.74) is 1.15. The van der Waals surface area contributed by atoms with Crippen LogP contribution in [-0.2, 0) is 6.54 Å². The van der Waals surface area contributed by atoms with Gasteiger partial charge >= 0.3 is 0 Å². The van der Waals surface area contributed by atoms with E-state index in [9.17, 15) is 0 Å². The van der Waals surface area contributed by atoms with Gasteiger partial charge in [-0.15, -0.1) is 0 Å². The van der Waals surface area contributed by atoms with Crippen LogP contribution in [0.1, 0.15) is 26.3 Å². The van der Waals surface area contributed by atoms with E-state index in [0.717, 1.165) is 49.2 Å². The summed E-state index contributed by atoms with van der Waals surface area (Å²) in [5.74, 6) is 1.02. The molecular formula is C13H24N4S. The number of nitrogens with one attached hydrogen (secondary N) is 1. The maximum atomic E-state index is 4.32. The summed E-state index contributed by atoms with van der Waals surface area (Å²) in [6.45, 7) is 11.7. The second kappa shape index (κ2) is 9.30. The largest absolute Gasteiger partial charge is 0.311 e. The Morgan fingerprint density at radius 3 is 2.39 bits per heavy atom. The van der Waals surface area contributed by atoms with Crippen LogP contribution < -0.4 is 5.32 Å². The number of rotatable bonds is 9. The molecule has 1 rings (SSSR count). The average Bonchev–Trinajstić information content (AvgIpc) is 2.41. The Kier molecular flexibility index (Phi) is 7.96. The molecule has 0 unspecified atom stereocenters. The smallest absolute Gasteiger partial charge is 0.187 e. The minimum Gasteiger partial charge on any atom is -0.311 e. The van der Waals surface area contributed by atoms with Crippen LogP contribution in [-0.4, -0.2) is 46.8 Å². The lowest BCUT2D eigenvalue weighted by molar-refractivity contribution is 0.302. The number of likely N-dealkylation sites (N-methyl/N-ethyl adjacent to an activating group) is 1. The second-order valence-corrected chi connectivity index (χ2v) is 5.24. The molecule has 1 aromatic rings. The third kappa shape index (κ3) is 5.80. The van der Waals surface area contributed by atoms with Gasteiger partial charge in [0.2, 0.25) is 0 Å². The zero-order chi connectivity index (χ0) is 13.2. The first-order valence-corrected chi connectivity index (χ1v) is 7.65. The molecule has 0 aromatic carbocycles. The van der Waals surface area contributed by atoms with Gasteiger partial charge in [0.05, 0.1) is 0 Å². The number of thioether (sulfide) groups is 1. The molecule has 5 heteroatoms. The van der Waals surface area contributed by atoms with Crippen LogP contribution in [0.5, 0.6) is 0 Å². The molecule has 1 heterocycles. The highest BCUT2D eigenvalue weighted by molar-refractivity contribution is 7.99. The SMILES string of the molecule is CCSc1ncc(CNCCN(CC)CC)cn1. The van der Waals surface area contributed by atoms with Crippen molar-refractivity contribution in [3.05, 3.63) is 18.0 Å². The molecule has 0 aliphatic rings. The van der Waals surface area contributed by atoms with Crippen molar-refractivity contribution in [3.8, 4) is 0 Å². The highest BCUT2D eigenvalue weighted by atomic mass is 32.2. The molecule has 1 N–H and O–H groups in total. The van der Waals surface area contributed by atoms with E-state index >= 15 is 0 Å². The third-order valence-electron chi connectivity index (χ3n) is 2.78. The zero-order valence-electron chi connectivity index (χ0n) is 11.6. The Morgan fingerprint density at radius 1 is 1.17 bits per heavy atom. The molecular weight excluding hydrogens is 244 g/mol. The van der Waals surface area contributed by atoms with Crippen molar-refractivity contribution in [1.82, 2.24) is 20.2 Å². The fourth-order valence-corrected chi connectivity index (χ4v) is 2.16. The Labute approximate surface area is 115 Å². The van der Waals surface area contributed by atoms with Crippen LogP contribution in [0.3, 0.4) is 0 Å². The molecule has 0 aliphatic carbocycles. The number of aromatic nitrogens is 2. The zero-order valence-corrected chi connectivity index (χ0v) is 12.5. The quantitative estimate of drug-likeness (QED) is 0.421. The Hall–Kier alpha value is -0.650. The van der Waals surface area contributed by atoms with E-state index in [-0.39, 0.29) is 0 Å². The lowest BCUT2D eigenvalue weighted by Gasteiger charge is -2.17. The standard InChI is InChI=1S/C13H24N4S/c1-4-17(5-2)8-7-14-9-12-10-15-13(16-11-12)18-6-3/h10-11,14H,4-9H2,1-3H3. The molecule has 0 atom stereocenters. The average molecular weight is 268 g/mol. The maximum Gasteiger partial charge on any atom is 0.187 e. The molecule has 0 amide bonds. The minimum absolute atomic E-state index is 0.846. The van der Waals surface area contributed by atoms with Crippen LogP contribution in [0, 0.1) is 0 Å². The van der Waals surface area contributed by atoms with Gasteiger partial charge in [0.25, 0.3) is 0 Å². The van der Waals surface area contributed by atoms with E-state index < -0.39 is 0 Å². The highest BCUT2D eigenvalue weighted by Crippen LogP contribution is 2.10. The molecule has 0 fully saturated rings. The molecule has 0 aliphatic heterocycles. The van der Waals surface area contributed by atoms with Crippen molar-refractivity contribution < 1.29 is 0 Å². The van der Waals surface area contributed by atoms with Crippen molar-refractivity contribution in [3.63, 3.8) is 0 Å². The maximum absolute atomic E-state index is 4.32. The van der Waals surface area contributed by atoms with E-state index in [1.54, 1.807) is 11.8 Å². The van der Waals surface area contributed by atoms with E-state index in [2.05, 4.69) is 41.0 Å². The predicted molar refractivity (Wildman–Crippen MR) is 77.9 cm³/mol. The summed E-state index contributed by atoms with van der Waals surface area (Å²) >= 11 is 1.67. The Bertz CT molecular complexity index is 311. The normalized spacial score (nSPS) is 11.1. The van der Waals surface area contributed by atoms with E-state index in [1.807, 2.05) is 12.4 Å². The van der Waals surface area contributed by atoms with Crippen molar-refractivity contribution in [2.45, 2.75) is 32.5 Å². The molecule has 1 aromatic heterocycles. The van der Waals surface area contributed by atoms with Gasteiger partial charge in [-0.3, -0.25) is 0 Å². The minimum atomic E-state index is 0.846. The summed E-state index contributed by atoms with van der Waals surface area (Å²) in [6.07, 6.45) is 3.82. The van der Waals surface area contributed by atoms with Gasteiger partial charge in [-0.1, -0.05) is 32.5 Å². The van der Waals surface area contributed by atoms with Crippen molar-refractivity contribution in [2.24, 2.45) is 0 Å². The van der Waals surface area contributed by atoms with Crippen LogP contribution in [0.15, 0.2) is 17.6 Å². The Morgan fingerprint density at radius 2 is 1.83 bits per heavy atom. The van der Waals surface area contributed by atoms with E-state index in [0.29, 0.717) is 0 Å². The van der Waals surface area contributed by atoms with Gasteiger partial charge in [0.15, 0.2) is 5.16 Å². The third-order valence-corrected chi connectivity index (χ3v) is 3.54. The summed E-state index contributed by atoms with van der Waals surface area (Å²) in [5, 5.41) is 4.29. The van der Waals surface area contributed by atoms with Crippen molar-refractivity contribution >= 4 is 11.8 Å². The van der Waals surface area contributed by atoms with Crippen molar-refractivity contribution in [2.75, 3.05) is 31.9 Å². The van der Waals surface area contributed by atoms with Gasteiger partial charge in [-0.05, 0) is 18.8 Å². The summed E-state index contributed by atoms with van der Waals surface area (Å²) in [4.78, 5) is 11.0. The topological polar surface area (TPSA) is 41.1 Å². The molecule has 0 bridgehead atoms. The lowest BCUT2D eigenvalue weighted by atomic mass is 10.3.